The van der Waals surface area contributed by atoms with Crippen LogP contribution in [-0.4, -0.2) is 42.6 Å². The molecule has 0 spiro atoms. The van der Waals surface area contributed by atoms with Gasteiger partial charge in [0.2, 0.25) is 0 Å². The van der Waals surface area contributed by atoms with Crippen LogP contribution in [0.3, 0.4) is 0 Å². The molecule has 2 unspecified atom stereocenters. The van der Waals surface area contributed by atoms with Crippen LogP contribution in [0.2, 0.25) is 0 Å². The number of fused-ring (bicyclic) bond motifs is 1. The van der Waals surface area contributed by atoms with Gasteiger partial charge in [-0.1, -0.05) is 6.07 Å². The van der Waals surface area contributed by atoms with Crippen molar-refractivity contribution in [3.63, 3.8) is 0 Å². The monoisotopic (exact) mass is 289 g/mol. The molecule has 5 nitrogen and oxygen atoms in total. The van der Waals surface area contributed by atoms with Crippen LogP contribution in [0.15, 0.2) is 18.2 Å². The molecule has 5 heteroatoms. The fraction of sp³-hybridized carbons (Fsp3) is 0.562. The molecule has 2 saturated heterocycles. The first kappa shape index (κ1) is 14.2. The highest BCUT2D eigenvalue weighted by molar-refractivity contribution is 5.98. The molecule has 0 saturated carbocycles. The average Bonchev–Trinajstić information content (AvgIpc) is 3.06. The molecule has 1 aromatic rings. The molecule has 21 heavy (non-hydrogen) atoms. The van der Waals surface area contributed by atoms with E-state index in [1.807, 2.05) is 12.1 Å². The van der Waals surface area contributed by atoms with Gasteiger partial charge in [-0.3, -0.25) is 4.90 Å². The van der Waals surface area contributed by atoms with Crippen LogP contribution in [0.5, 0.6) is 0 Å². The Bertz CT molecular complexity index is 532. The number of hydrogen-bond donors (Lipinski definition) is 2. The van der Waals surface area contributed by atoms with E-state index in [9.17, 15) is 4.79 Å². The third kappa shape index (κ3) is 2.70. The lowest BCUT2D eigenvalue weighted by molar-refractivity contribution is 0.0527. The summed E-state index contributed by atoms with van der Waals surface area (Å²) in [6, 6.07) is 6.54. The number of esters is 1. The lowest BCUT2D eigenvalue weighted by Gasteiger charge is -2.23. The van der Waals surface area contributed by atoms with Crippen molar-refractivity contribution in [1.82, 2.24) is 4.90 Å². The standard InChI is InChI=1S/C16H23N3O2/c1-2-21-16(20)11-5-3-6-13(15(11)17)18-12-8-10-19-9-4-7-14(12)19/h3,5-6,12,14,18H,2,4,7-10,17H2,1H3. The molecule has 0 amide bonds. The summed E-state index contributed by atoms with van der Waals surface area (Å²) in [6.07, 6.45) is 3.66. The second kappa shape index (κ2) is 5.93. The average molecular weight is 289 g/mol. The Morgan fingerprint density at radius 1 is 1.43 bits per heavy atom. The summed E-state index contributed by atoms with van der Waals surface area (Å²) in [5.41, 5.74) is 7.94. The lowest BCUT2D eigenvalue weighted by atomic mass is 10.1. The van der Waals surface area contributed by atoms with Gasteiger partial charge in [-0.15, -0.1) is 0 Å². The number of nitrogens with two attached hydrogens (primary N) is 1. The number of para-hydroxylation sites is 1. The van der Waals surface area contributed by atoms with Crippen molar-refractivity contribution in [2.24, 2.45) is 0 Å². The number of anilines is 2. The second-order valence-electron chi connectivity index (χ2n) is 5.77. The number of carbonyl (C=O) groups is 1. The van der Waals surface area contributed by atoms with E-state index < -0.39 is 0 Å². The van der Waals surface area contributed by atoms with Gasteiger partial charge in [0.05, 0.1) is 23.5 Å². The topological polar surface area (TPSA) is 67.6 Å². The summed E-state index contributed by atoms with van der Waals surface area (Å²) in [6.45, 7) is 4.51. The van der Waals surface area contributed by atoms with Gasteiger partial charge in [0.25, 0.3) is 0 Å². The Labute approximate surface area is 125 Å². The van der Waals surface area contributed by atoms with Crippen LogP contribution in [0, 0.1) is 0 Å². The maximum Gasteiger partial charge on any atom is 0.340 e. The summed E-state index contributed by atoms with van der Waals surface area (Å²) in [7, 11) is 0. The summed E-state index contributed by atoms with van der Waals surface area (Å²) < 4.78 is 5.05. The van der Waals surface area contributed by atoms with Gasteiger partial charge < -0.3 is 15.8 Å². The number of nitrogen functional groups attached to an aromatic ring is 1. The zero-order chi connectivity index (χ0) is 14.8. The molecule has 2 heterocycles. The Hall–Kier alpha value is -1.75. The number of nitrogens with zero attached hydrogens (tertiary/aromatic N) is 1. The number of benzene rings is 1. The number of rotatable bonds is 4. The van der Waals surface area contributed by atoms with Gasteiger partial charge in [-0.05, 0) is 44.9 Å². The van der Waals surface area contributed by atoms with Gasteiger partial charge in [0.1, 0.15) is 0 Å². The Balaban J connectivity index is 1.76. The molecular formula is C16H23N3O2. The van der Waals surface area contributed by atoms with Crippen LogP contribution in [0.1, 0.15) is 36.5 Å². The maximum atomic E-state index is 11.9. The van der Waals surface area contributed by atoms with E-state index >= 15 is 0 Å². The van der Waals surface area contributed by atoms with Gasteiger partial charge in [-0.2, -0.15) is 0 Å². The van der Waals surface area contributed by atoms with Crippen molar-refractivity contribution in [1.29, 1.82) is 0 Å². The molecule has 3 N–H and O–H groups in total. The minimum Gasteiger partial charge on any atom is -0.462 e. The summed E-state index contributed by atoms with van der Waals surface area (Å²) >= 11 is 0. The van der Waals surface area contributed by atoms with E-state index in [1.54, 1.807) is 13.0 Å². The predicted molar refractivity (Wildman–Crippen MR) is 83.4 cm³/mol. The molecule has 0 bridgehead atoms. The van der Waals surface area contributed by atoms with E-state index in [-0.39, 0.29) is 5.97 Å². The van der Waals surface area contributed by atoms with Crippen LogP contribution in [0.4, 0.5) is 11.4 Å². The largest absolute Gasteiger partial charge is 0.462 e. The fourth-order valence-corrected chi connectivity index (χ4v) is 3.53. The molecule has 0 aliphatic carbocycles. The summed E-state index contributed by atoms with van der Waals surface area (Å²) in [4.78, 5) is 14.4. The predicted octanol–water partition coefficient (Wildman–Crippen LogP) is 2.09. The van der Waals surface area contributed by atoms with Crippen LogP contribution < -0.4 is 11.1 Å². The molecule has 2 aliphatic heterocycles. The SMILES string of the molecule is CCOC(=O)c1cccc(NC2CCN3CCCC23)c1N. The van der Waals surface area contributed by atoms with Gasteiger partial charge in [0, 0.05) is 18.6 Å². The number of nitrogens with one attached hydrogen (secondary N) is 1. The zero-order valence-corrected chi connectivity index (χ0v) is 12.5. The van der Waals surface area contributed by atoms with Crippen molar-refractivity contribution in [3.05, 3.63) is 23.8 Å². The number of ether oxygens (including phenoxy) is 1. The minimum absolute atomic E-state index is 0.354. The molecule has 2 fully saturated rings. The normalized spacial score (nSPS) is 24.8. The van der Waals surface area contributed by atoms with Gasteiger partial charge >= 0.3 is 5.97 Å². The van der Waals surface area contributed by atoms with E-state index in [0.717, 1.165) is 18.7 Å². The third-order valence-electron chi connectivity index (χ3n) is 4.55. The highest BCUT2D eigenvalue weighted by Gasteiger charge is 2.37. The van der Waals surface area contributed by atoms with Crippen molar-refractivity contribution < 1.29 is 9.53 Å². The van der Waals surface area contributed by atoms with Crippen molar-refractivity contribution in [2.45, 2.75) is 38.3 Å². The molecule has 1 aromatic carbocycles. The Kier molecular flexibility index (Phi) is 4.01. The van der Waals surface area contributed by atoms with Crippen LogP contribution >= 0.6 is 0 Å². The zero-order valence-electron chi connectivity index (χ0n) is 12.5. The van der Waals surface area contributed by atoms with E-state index in [4.69, 9.17) is 10.5 Å². The van der Waals surface area contributed by atoms with Gasteiger partial charge in [-0.25, -0.2) is 4.79 Å². The highest BCUT2D eigenvalue weighted by atomic mass is 16.5. The summed E-state index contributed by atoms with van der Waals surface area (Å²) in [5, 5.41) is 3.54. The third-order valence-corrected chi connectivity index (χ3v) is 4.55. The first-order valence-electron chi connectivity index (χ1n) is 7.77. The van der Waals surface area contributed by atoms with Crippen LogP contribution in [0.25, 0.3) is 0 Å². The first-order valence-corrected chi connectivity index (χ1v) is 7.77. The second-order valence-corrected chi connectivity index (χ2v) is 5.77. The Morgan fingerprint density at radius 2 is 2.29 bits per heavy atom. The first-order chi connectivity index (χ1) is 10.2. The van der Waals surface area contributed by atoms with Crippen molar-refractivity contribution >= 4 is 17.3 Å². The maximum absolute atomic E-state index is 11.9. The lowest BCUT2D eigenvalue weighted by Crippen LogP contribution is -2.34. The quantitative estimate of drug-likeness (QED) is 0.656. The summed E-state index contributed by atoms with van der Waals surface area (Å²) in [5.74, 6) is -0.354. The van der Waals surface area contributed by atoms with Gasteiger partial charge in [0.15, 0.2) is 0 Å². The van der Waals surface area contributed by atoms with Crippen LogP contribution in [-0.2, 0) is 4.74 Å². The molecule has 0 aromatic heterocycles. The highest BCUT2D eigenvalue weighted by Crippen LogP contribution is 2.32. The van der Waals surface area contributed by atoms with E-state index in [0.29, 0.717) is 29.9 Å². The van der Waals surface area contributed by atoms with Crippen molar-refractivity contribution in [2.75, 3.05) is 30.7 Å². The molecule has 2 aliphatic rings. The van der Waals surface area contributed by atoms with E-state index in [1.165, 1.54) is 19.4 Å². The molecule has 2 atom stereocenters. The number of carbonyl (C=O) groups excluding carboxylic acids is 1. The van der Waals surface area contributed by atoms with E-state index in [2.05, 4.69) is 10.2 Å². The molecule has 114 valence electrons. The smallest absolute Gasteiger partial charge is 0.340 e. The fourth-order valence-electron chi connectivity index (χ4n) is 3.53. The van der Waals surface area contributed by atoms with Crippen molar-refractivity contribution in [3.8, 4) is 0 Å². The Morgan fingerprint density at radius 3 is 3.10 bits per heavy atom. The number of hydrogen-bond acceptors (Lipinski definition) is 5. The molecular weight excluding hydrogens is 266 g/mol. The minimum atomic E-state index is -0.354. The molecule has 0 radical (unpaired) electrons. The molecule has 3 rings (SSSR count).